The molecule has 0 fully saturated rings. The van der Waals surface area contributed by atoms with Gasteiger partial charge >= 0.3 is 0 Å². The van der Waals surface area contributed by atoms with Crippen LogP contribution in [0.4, 0.5) is 10.1 Å². The minimum Gasteiger partial charge on any atom is -0.399 e. The maximum Gasteiger partial charge on any atom is 0.241 e. The molecule has 1 heterocycles. The van der Waals surface area contributed by atoms with E-state index in [-0.39, 0.29) is 22.7 Å². The predicted octanol–water partition coefficient (Wildman–Crippen LogP) is 0.971. The first kappa shape index (κ1) is 15.5. The molecule has 3 N–H and O–H groups in total. The highest BCUT2D eigenvalue weighted by Crippen LogP contribution is 2.21. The Kier molecular flexibility index (Phi) is 4.29. The fourth-order valence-electron chi connectivity index (χ4n) is 1.97. The van der Waals surface area contributed by atoms with Crippen molar-refractivity contribution in [1.82, 2.24) is 14.3 Å². The summed E-state index contributed by atoms with van der Waals surface area (Å²) in [5.74, 6) is 0.118. The molecule has 2 rings (SSSR count). The van der Waals surface area contributed by atoms with Crippen LogP contribution in [0.25, 0.3) is 0 Å². The number of nitrogens with one attached hydrogen (secondary N) is 1. The maximum absolute atomic E-state index is 13.6. The van der Waals surface area contributed by atoms with Crippen LogP contribution in [0.5, 0.6) is 0 Å². The average Bonchev–Trinajstić information content (AvgIpc) is 2.79. The minimum absolute atomic E-state index is 0.0497. The van der Waals surface area contributed by atoms with E-state index in [0.717, 1.165) is 11.9 Å². The highest BCUT2D eigenvalue weighted by atomic mass is 32.2. The molecule has 0 amide bonds. The molecule has 6 nitrogen and oxygen atoms in total. The van der Waals surface area contributed by atoms with Gasteiger partial charge in [0.05, 0.1) is 4.90 Å². The van der Waals surface area contributed by atoms with Crippen LogP contribution in [-0.4, -0.2) is 24.5 Å². The van der Waals surface area contributed by atoms with Gasteiger partial charge in [-0.05, 0) is 19.1 Å². The molecule has 0 aliphatic heterocycles. The van der Waals surface area contributed by atoms with E-state index in [0.29, 0.717) is 6.42 Å². The normalized spacial score (nSPS) is 11.8. The number of rotatable bonds is 5. The number of benzene rings is 1. The molecule has 0 saturated carbocycles. The zero-order valence-electron chi connectivity index (χ0n) is 11.8. The van der Waals surface area contributed by atoms with Gasteiger partial charge in [-0.25, -0.2) is 22.5 Å². The Morgan fingerprint density at radius 3 is 2.76 bits per heavy atom. The van der Waals surface area contributed by atoms with Crippen LogP contribution in [0.3, 0.4) is 0 Å². The Hall–Kier alpha value is -1.93. The van der Waals surface area contributed by atoms with Crippen LogP contribution in [-0.2, 0) is 23.5 Å². The Balaban J connectivity index is 2.14. The number of nitrogens with zero attached hydrogens (tertiary/aromatic N) is 2. The average molecular weight is 312 g/mol. The number of imidazole rings is 1. The summed E-state index contributed by atoms with van der Waals surface area (Å²) >= 11 is 0. The molecule has 8 heteroatoms. The van der Waals surface area contributed by atoms with Crippen LogP contribution in [0, 0.1) is 12.7 Å². The first-order chi connectivity index (χ1) is 9.81. The number of anilines is 1. The smallest absolute Gasteiger partial charge is 0.241 e. The van der Waals surface area contributed by atoms with Crippen molar-refractivity contribution in [3.63, 3.8) is 0 Å². The molecule has 0 aliphatic carbocycles. The molecule has 0 aliphatic rings. The summed E-state index contributed by atoms with van der Waals surface area (Å²) in [7, 11) is -1.98. The van der Waals surface area contributed by atoms with Gasteiger partial charge in [0.25, 0.3) is 0 Å². The molecule has 0 radical (unpaired) electrons. The number of nitrogen functional groups attached to an aromatic ring is 1. The molecule has 1 aromatic carbocycles. The Morgan fingerprint density at radius 1 is 1.43 bits per heavy atom. The van der Waals surface area contributed by atoms with E-state index >= 15 is 0 Å². The van der Waals surface area contributed by atoms with E-state index in [1.54, 1.807) is 17.0 Å². The van der Waals surface area contributed by atoms with Gasteiger partial charge in [-0.3, -0.25) is 0 Å². The lowest BCUT2D eigenvalue weighted by atomic mass is 10.2. The molecule has 21 heavy (non-hydrogen) atoms. The lowest BCUT2D eigenvalue weighted by molar-refractivity contribution is 0.573. The maximum atomic E-state index is 13.6. The number of aromatic nitrogens is 2. The second kappa shape index (κ2) is 5.82. The first-order valence-corrected chi connectivity index (χ1v) is 7.81. The van der Waals surface area contributed by atoms with Crippen molar-refractivity contribution in [2.45, 2.75) is 18.2 Å². The topological polar surface area (TPSA) is 90.0 Å². The molecule has 0 bridgehead atoms. The van der Waals surface area contributed by atoms with Crippen molar-refractivity contribution in [2.75, 3.05) is 12.3 Å². The van der Waals surface area contributed by atoms with E-state index in [1.807, 2.05) is 7.05 Å². The second-order valence-corrected chi connectivity index (χ2v) is 6.46. The molecule has 2 aromatic rings. The summed E-state index contributed by atoms with van der Waals surface area (Å²) in [5, 5.41) is 0. The van der Waals surface area contributed by atoms with Crippen LogP contribution in [0.15, 0.2) is 29.4 Å². The monoisotopic (exact) mass is 312 g/mol. The summed E-state index contributed by atoms with van der Waals surface area (Å²) in [5.41, 5.74) is 5.63. The number of hydrogen-bond donors (Lipinski definition) is 2. The van der Waals surface area contributed by atoms with Crippen molar-refractivity contribution in [1.29, 1.82) is 0 Å². The molecule has 0 atom stereocenters. The molecule has 0 saturated heterocycles. The Morgan fingerprint density at radius 2 is 2.14 bits per heavy atom. The second-order valence-electron chi connectivity index (χ2n) is 4.73. The fourth-order valence-corrected chi connectivity index (χ4v) is 3.28. The summed E-state index contributed by atoms with van der Waals surface area (Å²) in [6.45, 7) is 1.57. The number of hydrogen-bond acceptors (Lipinski definition) is 4. The number of sulfonamides is 1. The van der Waals surface area contributed by atoms with Gasteiger partial charge in [0.15, 0.2) is 0 Å². The molecule has 0 unspecified atom stereocenters. The van der Waals surface area contributed by atoms with Crippen molar-refractivity contribution in [2.24, 2.45) is 7.05 Å². The molecular weight excluding hydrogens is 295 g/mol. The van der Waals surface area contributed by atoms with Crippen molar-refractivity contribution in [3.05, 3.63) is 41.7 Å². The van der Waals surface area contributed by atoms with E-state index in [9.17, 15) is 12.8 Å². The number of nitrogens with two attached hydrogens (primary N) is 1. The largest absolute Gasteiger partial charge is 0.399 e. The zero-order valence-corrected chi connectivity index (χ0v) is 12.6. The van der Waals surface area contributed by atoms with E-state index in [4.69, 9.17) is 5.73 Å². The van der Waals surface area contributed by atoms with Gasteiger partial charge in [0.2, 0.25) is 10.0 Å². The summed E-state index contributed by atoms with van der Waals surface area (Å²) in [6.07, 6.45) is 3.86. The third-order valence-corrected chi connectivity index (χ3v) is 4.76. The fraction of sp³-hybridized carbons (Fsp3) is 0.308. The zero-order chi connectivity index (χ0) is 15.6. The molecule has 114 valence electrons. The van der Waals surface area contributed by atoms with Crippen LogP contribution in [0.1, 0.15) is 11.4 Å². The Bertz CT molecular complexity index is 756. The van der Waals surface area contributed by atoms with Crippen LogP contribution >= 0.6 is 0 Å². The van der Waals surface area contributed by atoms with E-state index in [2.05, 4.69) is 9.71 Å². The number of aryl methyl sites for hydroxylation is 1. The summed E-state index contributed by atoms with van der Waals surface area (Å²) in [6, 6.07) is 2.35. The number of halogens is 1. The highest BCUT2D eigenvalue weighted by Gasteiger charge is 2.19. The van der Waals surface area contributed by atoms with Gasteiger partial charge in [-0.2, -0.15) is 0 Å². The molecule has 1 aromatic heterocycles. The quantitative estimate of drug-likeness (QED) is 0.805. The van der Waals surface area contributed by atoms with E-state index < -0.39 is 15.8 Å². The van der Waals surface area contributed by atoms with Gasteiger partial charge in [-0.15, -0.1) is 0 Å². The SMILES string of the molecule is Cc1c(F)cc(N)cc1S(=O)(=O)NCCc1nccn1C. The van der Waals surface area contributed by atoms with Gasteiger partial charge < -0.3 is 10.3 Å². The third kappa shape index (κ3) is 3.40. The third-order valence-electron chi connectivity index (χ3n) is 3.17. The summed E-state index contributed by atoms with van der Waals surface area (Å²) < 4.78 is 42.2. The van der Waals surface area contributed by atoms with Crippen molar-refractivity contribution in [3.8, 4) is 0 Å². The first-order valence-electron chi connectivity index (χ1n) is 6.33. The lowest BCUT2D eigenvalue weighted by Crippen LogP contribution is -2.27. The van der Waals surface area contributed by atoms with Crippen LogP contribution < -0.4 is 10.5 Å². The van der Waals surface area contributed by atoms with Gasteiger partial charge in [0.1, 0.15) is 11.6 Å². The molecule has 0 spiro atoms. The van der Waals surface area contributed by atoms with Crippen LogP contribution in [0.2, 0.25) is 0 Å². The lowest BCUT2D eigenvalue weighted by Gasteiger charge is -2.11. The Labute approximate surface area is 122 Å². The summed E-state index contributed by atoms with van der Waals surface area (Å²) in [4.78, 5) is 3.96. The molecular formula is C13H17FN4O2S. The minimum atomic E-state index is -3.81. The van der Waals surface area contributed by atoms with Crippen molar-refractivity contribution >= 4 is 15.7 Å². The van der Waals surface area contributed by atoms with Gasteiger partial charge in [0, 0.05) is 43.7 Å². The van der Waals surface area contributed by atoms with Crippen molar-refractivity contribution < 1.29 is 12.8 Å². The van der Waals surface area contributed by atoms with E-state index in [1.165, 1.54) is 13.0 Å². The highest BCUT2D eigenvalue weighted by molar-refractivity contribution is 7.89. The standard InChI is InChI=1S/C13H17FN4O2S/c1-9-11(14)7-10(15)8-12(9)21(19,20)17-4-3-13-16-5-6-18(13)2/h5-8,17H,3-4,15H2,1-2H3. The predicted molar refractivity (Wildman–Crippen MR) is 77.6 cm³/mol. The van der Waals surface area contributed by atoms with Gasteiger partial charge in [-0.1, -0.05) is 0 Å².